The third kappa shape index (κ3) is 1.93. The van der Waals surface area contributed by atoms with Crippen molar-refractivity contribution in [1.29, 1.82) is 0 Å². The first-order valence-corrected chi connectivity index (χ1v) is 6.00. The van der Waals surface area contributed by atoms with Crippen LogP contribution in [0.3, 0.4) is 0 Å². The van der Waals surface area contributed by atoms with Crippen LogP contribution in [0.2, 0.25) is 0 Å². The van der Waals surface area contributed by atoms with Crippen molar-refractivity contribution in [2.24, 2.45) is 7.05 Å². The molecular formula is C14H18N2O. The Morgan fingerprint density at radius 1 is 1.29 bits per heavy atom. The van der Waals surface area contributed by atoms with Crippen LogP contribution in [0.5, 0.6) is 0 Å². The number of hydrogen-bond donors (Lipinski definition) is 0. The fourth-order valence-electron chi connectivity index (χ4n) is 2.29. The summed E-state index contributed by atoms with van der Waals surface area (Å²) in [6.45, 7) is 6.23. The van der Waals surface area contributed by atoms with Crippen molar-refractivity contribution >= 4 is 22.9 Å². The van der Waals surface area contributed by atoms with Gasteiger partial charge in [-0.15, -0.1) is 0 Å². The maximum Gasteiger partial charge on any atom is 0.152 e. The molecule has 3 nitrogen and oxygen atoms in total. The molecule has 2 rings (SSSR count). The molecule has 0 radical (unpaired) electrons. The molecule has 0 aliphatic heterocycles. The molecule has 0 spiro atoms. The summed E-state index contributed by atoms with van der Waals surface area (Å²) < 4.78 is 1.99. The number of hydrogen-bond acceptors (Lipinski definition) is 2. The highest BCUT2D eigenvalue weighted by molar-refractivity contribution is 5.99. The minimum absolute atomic E-state index is 0.761. The Bertz CT molecular complexity index is 538. The van der Waals surface area contributed by atoms with Gasteiger partial charge >= 0.3 is 0 Å². The molecule has 1 heterocycles. The predicted molar refractivity (Wildman–Crippen MR) is 71.9 cm³/mol. The van der Waals surface area contributed by atoms with Crippen molar-refractivity contribution in [3.05, 3.63) is 30.0 Å². The number of anilines is 1. The van der Waals surface area contributed by atoms with Crippen LogP contribution in [0.15, 0.2) is 24.4 Å². The first-order valence-electron chi connectivity index (χ1n) is 6.00. The molecule has 0 amide bonds. The van der Waals surface area contributed by atoms with E-state index in [0.29, 0.717) is 0 Å². The second-order valence-electron chi connectivity index (χ2n) is 4.19. The molecule has 0 aliphatic rings. The lowest BCUT2D eigenvalue weighted by atomic mass is 10.1. The van der Waals surface area contributed by atoms with E-state index < -0.39 is 0 Å². The van der Waals surface area contributed by atoms with Crippen molar-refractivity contribution in [2.45, 2.75) is 13.8 Å². The average Bonchev–Trinajstić information content (AvgIpc) is 2.67. The van der Waals surface area contributed by atoms with Gasteiger partial charge in [-0.25, -0.2) is 0 Å². The quantitative estimate of drug-likeness (QED) is 0.755. The molecule has 0 atom stereocenters. The van der Waals surface area contributed by atoms with E-state index in [2.05, 4.69) is 36.9 Å². The molecule has 2 aromatic rings. The molecule has 90 valence electrons. The van der Waals surface area contributed by atoms with Gasteiger partial charge in [0.05, 0.1) is 0 Å². The molecule has 0 bridgehead atoms. The monoisotopic (exact) mass is 230 g/mol. The number of aromatic nitrogens is 1. The molecule has 3 heteroatoms. The van der Waals surface area contributed by atoms with Crippen LogP contribution in [0.25, 0.3) is 10.9 Å². The smallest absolute Gasteiger partial charge is 0.152 e. The lowest BCUT2D eigenvalue weighted by Gasteiger charge is -2.21. The highest BCUT2D eigenvalue weighted by Gasteiger charge is 2.08. The molecule has 0 N–H and O–H groups in total. The van der Waals surface area contributed by atoms with E-state index in [1.165, 1.54) is 5.69 Å². The fourth-order valence-corrected chi connectivity index (χ4v) is 2.29. The van der Waals surface area contributed by atoms with Gasteiger partial charge in [-0.05, 0) is 32.0 Å². The van der Waals surface area contributed by atoms with E-state index >= 15 is 0 Å². The van der Waals surface area contributed by atoms with Crippen molar-refractivity contribution < 1.29 is 4.79 Å². The normalized spacial score (nSPS) is 10.8. The summed E-state index contributed by atoms with van der Waals surface area (Å²) in [6.07, 6.45) is 2.80. The first kappa shape index (κ1) is 11.7. The first-order chi connectivity index (χ1) is 8.21. The number of aldehydes is 1. The topological polar surface area (TPSA) is 25.2 Å². The van der Waals surface area contributed by atoms with E-state index in [-0.39, 0.29) is 0 Å². The van der Waals surface area contributed by atoms with Gasteiger partial charge in [0.25, 0.3) is 0 Å². The average molecular weight is 230 g/mol. The van der Waals surface area contributed by atoms with Crippen molar-refractivity contribution in [3.8, 4) is 0 Å². The summed E-state index contributed by atoms with van der Waals surface area (Å²) in [7, 11) is 1.96. The number of rotatable bonds is 4. The van der Waals surface area contributed by atoms with Gasteiger partial charge in [-0.3, -0.25) is 4.79 Å². The lowest BCUT2D eigenvalue weighted by Crippen LogP contribution is -2.21. The zero-order valence-electron chi connectivity index (χ0n) is 10.6. The van der Waals surface area contributed by atoms with Gasteiger partial charge in [-0.1, -0.05) is 0 Å². The van der Waals surface area contributed by atoms with Crippen LogP contribution in [0.4, 0.5) is 5.69 Å². The van der Waals surface area contributed by atoms with E-state index in [0.717, 1.165) is 35.8 Å². The van der Waals surface area contributed by atoms with Gasteiger partial charge in [-0.2, -0.15) is 0 Å². The summed E-state index contributed by atoms with van der Waals surface area (Å²) in [5.41, 5.74) is 3.04. The molecule has 1 aromatic heterocycles. The largest absolute Gasteiger partial charge is 0.372 e. The Kier molecular flexibility index (Phi) is 3.18. The third-order valence-corrected chi connectivity index (χ3v) is 3.26. The molecule has 0 fully saturated rings. The number of carbonyl (C=O) groups is 1. The minimum atomic E-state index is 0.761. The van der Waals surface area contributed by atoms with Crippen molar-refractivity contribution in [2.75, 3.05) is 18.0 Å². The summed E-state index contributed by atoms with van der Waals surface area (Å²) >= 11 is 0. The van der Waals surface area contributed by atoms with Crippen molar-refractivity contribution in [1.82, 2.24) is 4.57 Å². The highest BCUT2D eigenvalue weighted by atomic mass is 16.1. The third-order valence-electron chi connectivity index (χ3n) is 3.26. The predicted octanol–water partition coefficient (Wildman–Crippen LogP) is 2.84. The second kappa shape index (κ2) is 4.62. The number of fused-ring (bicyclic) bond motifs is 1. The fraction of sp³-hybridized carbons (Fsp3) is 0.357. The summed E-state index contributed by atoms with van der Waals surface area (Å²) in [5, 5.41) is 1.03. The van der Waals surface area contributed by atoms with Crippen LogP contribution < -0.4 is 4.90 Å². The summed E-state index contributed by atoms with van der Waals surface area (Å²) in [4.78, 5) is 13.3. The standard InChI is InChI=1S/C14H18N2O/c1-4-16(5-2)12-6-7-14-13(8-12)11(10-17)9-15(14)3/h6-10H,4-5H2,1-3H3. The Hall–Kier alpha value is -1.77. The Morgan fingerprint density at radius 2 is 2.00 bits per heavy atom. The summed E-state index contributed by atoms with van der Waals surface area (Å²) in [6, 6.07) is 6.30. The minimum Gasteiger partial charge on any atom is -0.372 e. The van der Waals surface area contributed by atoms with Crippen LogP contribution in [0, 0.1) is 0 Å². The van der Waals surface area contributed by atoms with Gasteiger partial charge in [0, 0.05) is 48.5 Å². The number of carbonyl (C=O) groups excluding carboxylic acids is 1. The van der Waals surface area contributed by atoms with E-state index in [1.807, 2.05) is 17.8 Å². The molecule has 0 saturated heterocycles. The van der Waals surface area contributed by atoms with E-state index in [4.69, 9.17) is 0 Å². The zero-order valence-corrected chi connectivity index (χ0v) is 10.6. The van der Waals surface area contributed by atoms with E-state index in [9.17, 15) is 4.79 Å². The number of nitrogens with zero attached hydrogens (tertiary/aromatic N) is 2. The van der Waals surface area contributed by atoms with E-state index in [1.54, 1.807) is 0 Å². The molecular weight excluding hydrogens is 212 g/mol. The Balaban J connectivity index is 2.59. The number of benzene rings is 1. The second-order valence-corrected chi connectivity index (χ2v) is 4.19. The SMILES string of the molecule is CCN(CC)c1ccc2c(c1)c(C=O)cn2C. The van der Waals surface area contributed by atoms with Gasteiger partial charge in [0.1, 0.15) is 0 Å². The molecule has 0 aliphatic carbocycles. The van der Waals surface area contributed by atoms with Crippen LogP contribution in [0.1, 0.15) is 24.2 Å². The van der Waals surface area contributed by atoms with Crippen LogP contribution in [-0.4, -0.2) is 23.9 Å². The highest BCUT2D eigenvalue weighted by Crippen LogP contribution is 2.25. The van der Waals surface area contributed by atoms with Gasteiger partial charge < -0.3 is 9.47 Å². The van der Waals surface area contributed by atoms with Gasteiger partial charge in [0.2, 0.25) is 0 Å². The molecule has 1 aromatic carbocycles. The van der Waals surface area contributed by atoms with Crippen LogP contribution >= 0.6 is 0 Å². The maximum atomic E-state index is 11.0. The Morgan fingerprint density at radius 3 is 2.59 bits per heavy atom. The number of aryl methyl sites for hydroxylation is 1. The molecule has 0 unspecified atom stereocenters. The molecule has 0 saturated carbocycles. The molecule has 17 heavy (non-hydrogen) atoms. The lowest BCUT2D eigenvalue weighted by molar-refractivity contribution is 0.112. The van der Waals surface area contributed by atoms with Gasteiger partial charge in [0.15, 0.2) is 6.29 Å². The maximum absolute atomic E-state index is 11.0. The summed E-state index contributed by atoms with van der Waals surface area (Å²) in [5.74, 6) is 0. The Labute approximate surface area is 102 Å². The van der Waals surface area contributed by atoms with Crippen molar-refractivity contribution in [3.63, 3.8) is 0 Å². The van der Waals surface area contributed by atoms with Crippen LogP contribution in [-0.2, 0) is 7.05 Å². The zero-order chi connectivity index (χ0) is 12.4.